The molecule has 1 atom stereocenters. The first-order valence-electron chi connectivity index (χ1n) is 11.6. The molecule has 3 heterocycles. The predicted molar refractivity (Wildman–Crippen MR) is 131 cm³/mol. The van der Waals surface area contributed by atoms with Gasteiger partial charge in [0.1, 0.15) is 11.9 Å². The highest BCUT2D eigenvalue weighted by molar-refractivity contribution is 7.92. The van der Waals surface area contributed by atoms with Crippen LogP contribution >= 0.6 is 0 Å². The van der Waals surface area contributed by atoms with Gasteiger partial charge in [0.2, 0.25) is 5.91 Å². The molecule has 0 fully saturated rings. The number of anilines is 2. The Morgan fingerprint density at radius 3 is 2.64 bits per heavy atom. The Kier molecular flexibility index (Phi) is 6.40. The molecule has 0 aliphatic carbocycles. The van der Waals surface area contributed by atoms with E-state index in [1.165, 1.54) is 18.2 Å². The van der Waals surface area contributed by atoms with Gasteiger partial charge in [-0.05, 0) is 36.4 Å². The van der Waals surface area contributed by atoms with Gasteiger partial charge in [0.05, 0.1) is 47.5 Å². The van der Waals surface area contributed by atoms with Crippen LogP contribution in [-0.2, 0) is 41.1 Å². The van der Waals surface area contributed by atoms with E-state index >= 15 is 0 Å². The second-order valence-corrected chi connectivity index (χ2v) is 11.0. The Balaban J connectivity index is 1.46. The molecule has 1 unspecified atom stereocenters. The lowest BCUT2D eigenvalue weighted by molar-refractivity contribution is -0.137. The van der Waals surface area contributed by atoms with Crippen molar-refractivity contribution in [2.75, 3.05) is 16.2 Å². The third-order valence-electron chi connectivity index (χ3n) is 6.50. The molecule has 15 heteroatoms. The van der Waals surface area contributed by atoms with E-state index in [1.54, 1.807) is 22.8 Å². The fourth-order valence-electron chi connectivity index (χ4n) is 4.59. The molecule has 3 aromatic rings. The van der Waals surface area contributed by atoms with Crippen LogP contribution in [0.5, 0.6) is 5.75 Å². The van der Waals surface area contributed by atoms with Crippen molar-refractivity contribution >= 4 is 33.4 Å². The Hall–Kier alpha value is -4.27. The molecule has 0 saturated heterocycles. The molecule has 0 saturated carbocycles. The van der Waals surface area contributed by atoms with Gasteiger partial charge in [0.15, 0.2) is 0 Å². The number of nitrogens with zero attached hydrogens (tertiary/aromatic N) is 4. The van der Waals surface area contributed by atoms with Crippen molar-refractivity contribution in [3.63, 3.8) is 0 Å². The molecular weight excluding hydrogens is 543 g/mol. The number of nitrogens with one attached hydrogen (secondary N) is 1. The number of halogens is 3. The molecule has 2 aliphatic heterocycles. The summed E-state index contributed by atoms with van der Waals surface area (Å²) in [6.07, 6.45) is -5.67. The highest BCUT2D eigenvalue weighted by atomic mass is 32.2. The van der Waals surface area contributed by atoms with Gasteiger partial charge < -0.3 is 14.7 Å². The summed E-state index contributed by atoms with van der Waals surface area (Å²) in [5.74, 6) is -0.278. The van der Waals surface area contributed by atoms with Gasteiger partial charge in [-0.1, -0.05) is 6.07 Å². The average Bonchev–Trinajstić information content (AvgIpc) is 3.45. The Labute approximate surface area is 220 Å². The maximum absolute atomic E-state index is 13.7. The number of aromatic nitrogens is 2. The number of amides is 2. The van der Waals surface area contributed by atoms with Gasteiger partial charge in [-0.3, -0.25) is 19.1 Å². The van der Waals surface area contributed by atoms with Crippen LogP contribution in [0.1, 0.15) is 23.2 Å². The summed E-state index contributed by atoms with van der Waals surface area (Å²) in [6, 6.07) is 7.19. The lowest BCUT2D eigenvalue weighted by Gasteiger charge is -2.36. The number of alkyl halides is 3. The number of rotatable bonds is 5. The van der Waals surface area contributed by atoms with E-state index in [1.807, 2.05) is 0 Å². The van der Waals surface area contributed by atoms with Gasteiger partial charge in [-0.25, -0.2) is 13.2 Å². The van der Waals surface area contributed by atoms with Gasteiger partial charge in [0.25, 0.3) is 10.0 Å². The quantitative estimate of drug-likeness (QED) is 0.484. The van der Waals surface area contributed by atoms with E-state index in [4.69, 9.17) is 9.84 Å². The van der Waals surface area contributed by atoms with Crippen LogP contribution in [0.25, 0.3) is 0 Å². The van der Waals surface area contributed by atoms with Crippen LogP contribution in [0.15, 0.2) is 53.6 Å². The third-order valence-corrected chi connectivity index (χ3v) is 8.27. The number of ether oxygens (including phenoxy) is 1. The first kappa shape index (κ1) is 26.3. The molecular formula is C24H22F3N5O6S. The van der Waals surface area contributed by atoms with Gasteiger partial charge in [-0.2, -0.15) is 18.3 Å². The second-order valence-electron chi connectivity index (χ2n) is 9.11. The Bertz CT molecular complexity index is 1570. The smallest absolute Gasteiger partial charge is 0.416 e. The van der Waals surface area contributed by atoms with Crippen LogP contribution in [0.3, 0.4) is 0 Å². The van der Waals surface area contributed by atoms with Crippen LogP contribution in [0.4, 0.5) is 29.3 Å². The minimum Gasteiger partial charge on any atom is -0.486 e. The molecule has 1 aromatic heterocycles. The first-order chi connectivity index (χ1) is 18.3. The number of carboxylic acid groups (broad SMARTS) is 1. The SMILES string of the molecule is Cn1ncc2c1CN(C(=O)CC1CN(S(=O)(=O)c3cccc(C(F)(F)F)c3)c3cc(NC(=O)O)ccc3O1)C2. The lowest BCUT2D eigenvalue weighted by atomic mass is 10.1. The maximum atomic E-state index is 13.7. The molecule has 2 N–H and O–H groups in total. The summed E-state index contributed by atoms with van der Waals surface area (Å²) in [6.45, 7) is 0.266. The standard InChI is InChI=1S/C24H22F3N5O6S/c1-30-20-13-31(11-14(20)10-28-30)22(33)9-17-12-32(19-8-16(29-23(34)35)5-6-21(19)38-17)39(36,37)18-4-2-3-15(7-18)24(25,26)27/h2-8,10,17,29H,9,11-13H2,1H3,(H,34,35). The maximum Gasteiger partial charge on any atom is 0.416 e. The third kappa shape index (κ3) is 5.08. The number of aryl methyl sites for hydroxylation is 1. The van der Waals surface area contributed by atoms with E-state index in [9.17, 15) is 31.2 Å². The van der Waals surface area contributed by atoms with Crippen molar-refractivity contribution in [1.82, 2.24) is 14.7 Å². The summed E-state index contributed by atoms with van der Waals surface area (Å²) in [5, 5.41) is 15.3. The molecule has 0 spiro atoms. The Morgan fingerprint density at radius 2 is 1.95 bits per heavy atom. The largest absolute Gasteiger partial charge is 0.486 e. The van der Waals surface area contributed by atoms with E-state index in [0.29, 0.717) is 19.2 Å². The number of sulfonamides is 1. The Morgan fingerprint density at radius 1 is 1.18 bits per heavy atom. The van der Waals surface area contributed by atoms with Crippen molar-refractivity contribution in [2.45, 2.75) is 36.7 Å². The van der Waals surface area contributed by atoms with E-state index in [-0.39, 0.29) is 29.5 Å². The number of hydrogen-bond donors (Lipinski definition) is 2. The first-order valence-corrected chi connectivity index (χ1v) is 13.0. The average molecular weight is 566 g/mol. The van der Waals surface area contributed by atoms with Crippen molar-refractivity contribution in [2.24, 2.45) is 7.05 Å². The molecule has 5 rings (SSSR count). The number of benzene rings is 2. The fraction of sp³-hybridized carbons (Fsp3) is 0.292. The number of carbonyl (C=O) groups is 2. The van der Waals surface area contributed by atoms with Gasteiger partial charge in [0, 0.05) is 24.8 Å². The van der Waals surface area contributed by atoms with E-state index in [2.05, 4.69) is 10.4 Å². The zero-order chi connectivity index (χ0) is 28.1. The van der Waals surface area contributed by atoms with Crippen LogP contribution < -0.4 is 14.4 Å². The minimum absolute atomic E-state index is 0.0204. The molecule has 2 aromatic carbocycles. The molecule has 0 radical (unpaired) electrons. The monoisotopic (exact) mass is 565 g/mol. The summed E-state index contributed by atoms with van der Waals surface area (Å²) in [4.78, 5) is 25.2. The van der Waals surface area contributed by atoms with E-state index in [0.717, 1.165) is 33.8 Å². The molecule has 2 amide bonds. The van der Waals surface area contributed by atoms with Crippen molar-refractivity contribution < 1.29 is 41.0 Å². The molecule has 39 heavy (non-hydrogen) atoms. The van der Waals surface area contributed by atoms with Crippen molar-refractivity contribution in [3.05, 3.63) is 65.5 Å². The highest BCUT2D eigenvalue weighted by Crippen LogP contribution is 2.40. The van der Waals surface area contributed by atoms with Gasteiger partial charge >= 0.3 is 12.3 Å². The van der Waals surface area contributed by atoms with Crippen LogP contribution in [0, 0.1) is 0 Å². The summed E-state index contributed by atoms with van der Waals surface area (Å²) < 4.78 is 75.7. The van der Waals surface area contributed by atoms with Crippen LogP contribution in [-0.4, -0.2) is 52.9 Å². The van der Waals surface area contributed by atoms with Crippen molar-refractivity contribution in [1.29, 1.82) is 0 Å². The number of carbonyl (C=O) groups excluding carboxylic acids is 1. The fourth-order valence-corrected chi connectivity index (χ4v) is 6.14. The summed E-state index contributed by atoms with van der Waals surface area (Å²) in [5.41, 5.74) is 0.570. The summed E-state index contributed by atoms with van der Waals surface area (Å²) in [7, 11) is -2.83. The zero-order valence-corrected chi connectivity index (χ0v) is 21.2. The van der Waals surface area contributed by atoms with Crippen LogP contribution in [0.2, 0.25) is 0 Å². The molecule has 0 bridgehead atoms. The molecule has 2 aliphatic rings. The molecule has 206 valence electrons. The number of hydrogen-bond acceptors (Lipinski definition) is 6. The number of fused-ring (bicyclic) bond motifs is 2. The predicted octanol–water partition coefficient (Wildman–Crippen LogP) is 3.42. The highest BCUT2D eigenvalue weighted by Gasteiger charge is 2.39. The topological polar surface area (TPSA) is 134 Å². The molecule has 11 nitrogen and oxygen atoms in total. The zero-order valence-electron chi connectivity index (χ0n) is 20.3. The normalized spacial score (nSPS) is 16.9. The summed E-state index contributed by atoms with van der Waals surface area (Å²) >= 11 is 0. The van der Waals surface area contributed by atoms with Gasteiger partial charge in [-0.15, -0.1) is 0 Å². The van der Waals surface area contributed by atoms with Crippen molar-refractivity contribution in [3.8, 4) is 5.75 Å². The lowest BCUT2D eigenvalue weighted by Crippen LogP contribution is -2.45. The second kappa shape index (κ2) is 9.48. The van der Waals surface area contributed by atoms with E-state index < -0.39 is 45.4 Å². The minimum atomic E-state index is -4.77.